The van der Waals surface area contributed by atoms with E-state index in [1.807, 2.05) is 19.9 Å². The summed E-state index contributed by atoms with van der Waals surface area (Å²) in [4.78, 5) is 56.2. The number of methoxy groups -OCH3 is 3. The molecule has 0 bridgehead atoms. The molecule has 4 aromatic rings. The van der Waals surface area contributed by atoms with Gasteiger partial charge in [-0.15, -0.1) is 10.2 Å². The first-order valence-corrected chi connectivity index (χ1v) is 14.3. The van der Waals surface area contributed by atoms with Crippen molar-refractivity contribution in [2.75, 3.05) is 26.6 Å². The average molecular weight is 633 g/mol. The third-order valence-electron chi connectivity index (χ3n) is 7.37. The van der Waals surface area contributed by atoms with Crippen LogP contribution in [0.4, 0.5) is 10.6 Å². The lowest BCUT2D eigenvalue weighted by Gasteiger charge is -2.22. The maximum absolute atomic E-state index is 13.6. The van der Waals surface area contributed by atoms with E-state index in [0.717, 1.165) is 17.2 Å². The predicted molar refractivity (Wildman–Crippen MR) is 167 cm³/mol. The Morgan fingerprint density at radius 3 is 2.30 bits per heavy atom. The highest BCUT2D eigenvalue weighted by atomic mass is 16.5. The fourth-order valence-corrected chi connectivity index (χ4v) is 4.67. The second kappa shape index (κ2) is 14.1. The minimum Gasteiger partial charge on any atom is -0.493 e. The molecule has 0 aliphatic carbocycles. The Labute approximate surface area is 265 Å². The molecule has 2 amide bonds. The first-order chi connectivity index (χ1) is 21.9. The Kier molecular flexibility index (Phi) is 10.2. The van der Waals surface area contributed by atoms with Gasteiger partial charge in [0.15, 0.2) is 11.5 Å². The van der Waals surface area contributed by atoms with Crippen molar-refractivity contribution >= 4 is 23.6 Å². The number of hydrogen-bond donors (Lipinski definition) is 2. The topological polar surface area (TPSA) is 177 Å². The van der Waals surface area contributed by atoms with Gasteiger partial charge in [0.2, 0.25) is 23.4 Å². The van der Waals surface area contributed by atoms with Gasteiger partial charge in [-0.25, -0.2) is 9.78 Å². The summed E-state index contributed by atoms with van der Waals surface area (Å²) in [5.41, 5.74) is 0.153. The van der Waals surface area contributed by atoms with E-state index in [9.17, 15) is 19.2 Å². The van der Waals surface area contributed by atoms with E-state index < -0.39 is 41.3 Å². The number of hydrogen-bond acceptors (Lipinski definition) is 11. The van der Waals surface area contributed by atoms with Crippen LogP contribution in [0.1, 0.15) is 49.8 Å². The number of Topliss-reactive ketones (excluding diaryl/α,β-unsaturated/α-hetero) is 1. The van der Waals surface area contributed by atoms with Gasteiger partial charge in [0.05, 0.1) is 44.7 Å². The highest BCUT2D eigenvalue weighted by molar-refractivity contribution is 5.98. The minimum absolute atomic E-state index is 0.179. The van der Waals surface area contributed by atoms with Crippen LogP contribution in [0.25, 0.3) is 11.3 Å². The Bertz CT molecular complexity index is 1780. The van der Waals surface area contributed by atoms with Gasteiger partial charge in [0, 0.05) is 0 Å². The summed E-state index contributed by atoms with van der Waals surface area (Å²) in [5.74, 6) is -0.980. The molecule has 46 heavy (non-hydrogen) atoms. The van der Waals surface area contributed by atoms with Gasteiger partial charge in [0.1, 0.15) is 6.54 Å². The number of anilines is 1. The molecule has 0 saturated carbocycles. The normalized spacial score (nSPS) is 11.9. The van der Waals surface area contributed by atoms with Gasteiger partial charge in [-0.05, 0) is 43.0 Å². The number of rotatable bonds is 12. The minimum atomic E-state index is -1.06. The molecule has 0 radical (unpaired) electrons. The fourth-order valence-electron chi connectivity index (χ4n) is 4.67. The van der Waals surface area contributed by atoms with Gasteiger partial charge in [-0.2, -0.15) is 0 Å². The Balaban J connectivity index is 1.59. The third kappa shape index (κ3) is 7.06. The van der Waals surface area contributed by atoms with Crippen LogP contribution in [0.5, 0.6) is 11.5 Å². The second-order valence-corrected chi connectivity index (χ2v) is 11.1. The average Bonchev–Trinajstić information content (AvgIpc) is 3.56. The zero-order valence-electron chi connectivity index (χ0n) is 26.6. The van der Waals surface area contributed by atoms with E-state index in [0.29, 0.717) is 22.8 Å². The summed E-state index contributed by atoms with van der Waals surface area (Å²) in [6, 6.07) is 13.2. The first-order valence-electron chi connectivity index (χ1n) is 14.3. The smallest absolute Gasteiger partial charge is 0.412 e. The quantitative estimate of drug-likeness (QED) is 0.217. The van der Waals surface area contributed by atoms with Crippen molar-refractivity contribution in [2.24, 2.45) is 5.92 Å². The van der Waals surface area contributed by atoms with E-state index in [1.54, 1.807) is 63.4 Å². The van der Waals surface area contributed by atoms with Crippen molar-refractivity contribution < 1.29 is 33.0 Å². The van der Waals surface area contributed by atoms with Crippen LogP contribution in [0.15, 0.2) is 63.9 Å². The molecule has 0 aliphatic heterocycles. The lowest BCUT2D eigenvalue weighted by Crippen LogP contribution is -2.46. The monoisotopic (exact) mass is 632 g/mol. The van der Waals surface area contributed by atoms with Gasteiger partial charge in [0.25, 0.3) is 11.4 Å². The van der Waals surface area contributed by atoms with Crippen molar-refractivity contribution in [3.8, 4) is 22.8 Å². The van der Waals surface area contributed by atoms with Crippen LogP contribution < -0.4 is 25.7 Å². The first kappa shape index (κ1) is 33.4. The van der Waals surface area contributed by atoms with Gasteiger partial charge in [-0.3, -0.25) is 24.3 Å². The number of ether oxygens (including phenoxy) is 3. The predicted octanol–water partition coefficient (Wildman–Crippen LogP) is 3.84. The molecule has 4 rings (SSSR count). The fraction of sp³-hybridized carbons (Fsp3) is 0.344. The zero-order chi connectivity index (χ0) is 33.6. The van der Waals surface area contributed by atoms with Crippen LogP contribution in [-0.4, -0.2) is 64.9 Å². The molecule has 2 aromatic carbocycles. The number of amides is 2. The molecular formula is C32H36N6O8. The third-order valence-corrected chi connectivity index (χ3v) is 7.37. The second-order valence-electron chi connectivity index (χ2n) is 11.1. The molecule has 14 nitrogen and oxygen atoms in total. The van der Waals surface area contributed by atoms with Crippen molar-refractivity contribution in [1.29, 1.82) is 0 Å². The van der Waals surface area contributed by atoms with Crippen LogP contribution in [0.3, 0.4) is 0 Å². The molecule has 2 heterocycles. The molecule has 14 heteroatoms. The standard InChI is InChI=1S/C32H36N6O8/c1-18(2)25(26(40)28-36-37-30(46-28)32(3,4)20-13-14-22(43-5)23(15-20)44-6)34-24(39)17-38-21(19-11-9-8-10-12-19)16-33-27(29(38)41)35-31(42)45-7/h8-16,18,25H,17H2,1-7H3,(H,34,39)(H,33,35,42)/t25-/m1/s1. The summed E-state index contributed by atoms with van der Waals surface area (Å²) < 4.78 is 22.4. The van der Waals surface area contributed by atoms with Crippen molar-refractivity contribution in [1.82, 2.24) is 25.1 Å². The Morgan fingerprint density at radius 1 is 0.978 bits per heavy atom. The van der Waals surface area contributed by atoms with Gasteiger partial charge >= 0.3 is 6.09 Å². The largest absolute Gasteiger partial charge is 0.493 e. The summed E-state index contributed by atoms with van der Waals surface area (Å²) in [5, 5.41) is 13.1. The molecule has 2 N–H and O–H groups in total. The van der Waals surface area contributed by atoms with Crippen molar-refractivity contribution in [2.45, 2.75) is 45.7 Å². The van der Waals surface area contributed by atoms with Crippen LogP contribution >= 0.6 is 0 Å². The van der Waals surface area contributed by atoms with Gasteiger partial charge < -0.3 is 23.9 Å². The van der Waals surface area contributed by atoms with Crippen LogP contribution in [0.2, 0.25) is 0 Å². The molecule has 1 atom stereocenters. The number of carbonyl (C=O) groups excluding carboxylic acids is 3. The number of nitrogens with one attached hydrogen (secondary N) is 2. The van der Waals surface area contributed by atoms with Crippen LogP contribution in [0, 0.1) is 5.92 Å². The number of aromatic nitrogens is 4. The molecule has 2 aromatic heterocycles. The maximum atomic E-state index is 13.6. The summed E-state index contributed by atoms with van der Waals surface area (Å²) >= 11 is 0. The highest BCUT2D eigenvalue weighted by Gasteiger charge is 2.35. The lowest BCUT2D eigenvalue weighted by atomic mass is 9.84. The number of ketones is 1. The summed E-state index contributed by atoms with van der Waals surface area (Å²) in [6.07, 6.45) is 0.465. The highest BCUT2D eigenvalue weighted by Crippen LogP contribution is 2.36. The SMILES string of the molecule is COC(=O)Nc1ncc(-c2ccccc2)n(CC(=O)N[C@@H](C(=O)c2nnc(C(C)(C)c3ccc(OC)c(OC)c3)o2)C(C)C)c1=O. The molecule has 0 aliphatic rings. The Morgan fingerprint density at radius 2 is 1.67 bits per heavy atom. The number of nitrogens with zero attached hydrogens (tertiary/aromatic N) is 4. The van der Waals surface area contributed by atoms with Gasteiger partial charge in [-0.1, -0.05) is 50.2 Å². The maximum Gasteiger partial charge on any atom is 0.412 e. The number of benzene rings is 2. The molecule has 242 valence electrons. The summed E-state index contributed by atoms with van der Waals surface area (Å²) in [7, 11) is 4.22. The molecule has 0 spiro atoms. The zero-order valence-corrected chi connectivity index (χ0v) is 26.6. The Hall–Kier alpha value is -5.53. The van der Waals surface area contributed by atoms with Crippen molar-refractivity contribution in [3.05, 3.63) is 82.4 Å². The van der Waals surface area contributed by atoms with Crippen molar-refractivity contribution in [3.63, 3.8) is 0 Å². The van der Waals surface area contributed by atoms with E-state index in [4.69, 9.17) is 13.9 Å². The molecule has 0 fully saturated rings. The summed E-state index contributed by atoms with van der Waals surface area (Å²) in [6.45, 7) is 6.73. The molecule has 0 unspecified atom stereocenters. The van der Waals surface area contributed by atoms with E-state index in [-0.39, 0.29) is 23.5 Å². The van der Waals surface area contributed by atoms with Crippen LogP contribution in [-0.2, 0) is 21.5 Å². The number of carbonyl (C=O) groups is 3. The van der Waals surface area contributed by atoms with E-state index >= 15 is 0 Å². The van der Waals surface area contributed by atoms with E-state index in [1.165, 1.54) is 13.3 Å². The molecule has 0 saturated heterocycles. The molecular weight excluding hydrogens is 596 g/mol. The lowest BCUT2D eigenvalue weighted by molar-refractivity contribution is -0.122. The van der Waals surface area contributed by atoms with E-state index in [2.05, 4.69) is 30.6 Å².